The van der Waals surface area contributed by atoms with Gasteiger partial charge in [0.25, 0.3) is 0 Å². The van der Waals surface area contributed by atoms with Gasteiger partial charge in [-0.1, -0.05) is 27.7 Å². The van der Waals surface area contributed by atoms with E-state index in [1.807, 2.05) is 0 Å². The molecule has 0 spiro atoms. The maximum absolute atomic E-state index is 12.4. The minimum atomic E-state index is 0.373. The first-order valence-electron chi connectivity index (χ1n) is 8.28. The highest BCUT2D eigenvalue weighted by atomic mass is 16.2. The molecule has 0 radical (unpaired) electrons. The molecular weight excluding hydrogens is 234 g/mol. The average Bonchev–Trinajstić information content (AvgIpc) is 2.77. The van der Waals surface area contributed by atoms with Gasteiger partial charge in [-0.25, -0.2) is 0 Å². The predicted molar refractivity (Wildman–Crippen MR) is 77.5 cm³/mol. The molecule has 1 N–H and O–H groups in total. The van der Waals surface area contributed by atoms with Crippen molar-refractivity contribution in [2.24, 2.45) is 47.3 Å². The smallest absolute Gasteiger partial charge is 0.223 e. The van der Waals surface area contributed by atoms with Crippen molar-refractivity contribution in [3.05, 3.63) is 0 Å². The Labute approximate surface area is 117 Å². The van der Waals surface area contributed by atoms with E-state index in [2.05, 4.69) is 33.0 Å². The zero-order chi connectivity index (χ0) is 13.7. The van der Waals surface area contributed by atoms with Gasteiger partial charge in [-0.05, 0) is 60.7 Å². The van der Waals surface area contributed by atoms with Crippen LogP contribution in [0.3, 0.4) is 0 Å². The van der Waals surface area contributed by atoms with Gasteiger partial charge < -0.3 is 5.32 Å². The van der Waals surface area contributed by atoms with Crippen molar-refractivity contribution < 1.29 is 4.79 Å². The van der Waals surface area contributed by atoms with Crippen LogP contribution in [0.5, 0.6) is 0 Å². The van der Waals surface area contributed by atoms with Crippen molar-refractivity contribution in [2.45, 2.75) is 47.0 Å². The minimum Gasteiger partial charge on any atom is -0.356 e. The number of amides is 1. The zero-order valence-electron chi connectivity index (χ0n) is 12.9. The molecule has 0 aromatic rings. The minimum absolute atomic E-state index is 0.373. The Balaban J connectivity index is 1.51. The van der Waals surface area contributed by atoms with E-state index in [1.54, 1.807) is 0 Å². The van der Waals surface area contributed by atoms with Gasteiger partial charge in [0.1, 0.15) is 0 Å². The lowest BCUT2D eigenvalue weighted by molar-refractivity contribution is -0.123. The van der Waals surface area contributed by atoms with Crippen LogP contribution >= 0.6 is 0 Å². The van der Waals surface area contributed by atoms with Crippen molar-refractivity contribution in [1.29, 1.82) is 0 Å². The summed E-state index contributed by atoms with van der Waals surface area (Å²) >= 11 is 0. The lowest BCUT2D eigenvalue weighted by Crippen LogP contribution is -2.35. The van der Waals surface area contributed by atoms with Gasteiger partial charge in [0.15, 0.2) is 0 Å². The fourth-order valence-corrected chi connectivity index (χ4v) is 5.25. The van der Waals surface area contributed by atoms with Crippen LogP contribution < -0.4 is 5.32 Å². The molecule has 19 heavy (non-hydrogen) atoms. The van der Waals surface area contributed by atoms with E-state index in [0.29, 0.717) is 29.6 Å². The first-order valence-corrected chi connectivity index (χ1v) is 8.28. The molecule has 0 heterocycles. The first kappa shape index (κ1) is 13.5. The number of carbonyl (C=O) groups excluding carboxylic acids is 1. The van der Waals surface area contributed by atoms with E-state index >= 15 is 0 Å². The van der Waals surface area contributed by atoms with Crippen LogP contribution in [0.25, 0.3) is 0 Å². The Morgan fingerprint density at radius 3 is 2.05 bits per heavy atom. The van der Waals surface area contributed by atoms with Crippen molar-refractivity contribution >= 4 is 5.91 Å². The van der Waals surface area contributed by atoms with Gasteiger partial charge >= 0.3 is 0 Å². The number of hydrogen-bond donors (Lipinski definition) is 1. The summed E-state index contributed by atoms with van der Waals surface area (Å²) in [6.07, 6.45) is 4.23. The summed E-state index contributed by atoms with van der Waals surface area (Å²) in [5.41, 5.74) is 0. The lowest BCUT2D eigenvalue weighted by Gasteiger charge is -2.25. The van der Waals surface area contributed by atoms with Crippen LogP contribution in [0.15, 0.2) is 0 Å². The maximum atomic E-state index is 12.4. The standard InChI is InChI=1S/C17H29NO/c1-9(2)13(10(3)4)8-18-17(19)16-14-11-5-6-12(7-11)15(14)16/h9-16H,5-8H2,1-4H3,(H,18,19). The quantitative estimate of drug-likeness (QED) is 0.810. The van der Waals surface area contributed by atoms with Crippen molar-refractivity contribution in [1.82, 2.24) is 5.32 Å². The maximum Gasteiger partial charge on any atom is 0.223 e. The van der Waals surface area contributed by atoms with Gasteiger partial charge in [0.2, 0.25) is 5.91 Å². The summed E-state index contributed by atoms with van der Waals surface area (Å²) in [4.78, 5) is 12.4. The van der Waals surface area contributed by atoms with Crippen LogP contribution in [0.2, 0.25) is 0 Å². The molecule has 2 bridgehead atoms. The summed E-state index contributed by atoms with van der Waals surface area (Å²) in [5.74, 6) is 6.02. The number of hydrogen-bond acceptors (Lipinski definition) is 1. The van der Waals surface area contributed by atoms with Crippen molar-refractivity contribution in [3.8, 4) is 0 Å². The predicted octanol–water partition coefficient (Wildman–Crippen LogP) is 3.32. The molecule has 3 aliphatic carbocycles. The van der Waals surface area contributed by atoms with Gasteiger partial charge in [-0.15, -0.1) is 0 Å². The Bertz CT molecular complexity index is 338. The molecule has 3 aliphatic rings. The zero-order valence-corrected chi connectivity index (χ0v) is 12.9. The van der Waals surface area contributed by atoms with Crippen molar-refractivity contribution in [3.63, 3.8) is 0 Å². The topological polar surface area (TPSA) is 29.1 Å². The van der Waals surface area contributed by atoms with Crippen LogP contribution in [0, 0.1) is 47.3 Å². The summed E-state index contributed by atoms with van der Waals surface area (Å²) in [6, 6.07) is 0. The van der Waals surface area contributed by atoms with E-state index in [4.69, 9.17) is 0 Å². The van der Waals surface area contributed by atoms with Gasteiger partial charge in [0.05, 0.1) is 0 Å². The molecule has 0 saturated heterocycles. The fourth-order valence-electron chi connectivity index (χ4n) is 5.25. The molecule has 0 aromatic heterocycles. The van der Waals surface area contributed by atoms with Gasteiger partial charge in [-0.2, -0.15) is 0 Å². The summed E-state index contributed by atoms with van der Waals surface area (Å²) in [7, 11) is 0. The molecule has 108 valence electrons. The Hall–Kier alpha value is -0.530. The molecule has 0 aromatic carbocycles. The first-order chi connectivity index (χ1) is 9.00. The molecule has 4 atom stereocenters. The van der Waals surface area contributed by atoms with Gasteiger partial charge in [0, 0.05) is 12.5 Å². The number of carbonyl (C=O) groups is 1. The summed E-state index contributed by atoms with van der Waals surface area (Å²) < 4.78 is 0. The third-order valence-electron chi connectivity index (χ3n) is 6.26. The van der Waals surface area contributed by atoms with Crippen LogP contribution in [-0.2, 0) is 4.79 Å². The number of nitrogens with one attached hydrogen (secondary N) is 1. The highest BCUT2D eigenvalue weighted by Crippen LogP contribution is 2.69. The average molecular weight is 263 g/mol. The van der Waals surface area contributed by atoms with E-state index < -0.39 is 0 Å². The highest BCUT2D eigenvalue weighted by molar-refractivity contribution is 5.82. The molecule has 2 heteroatoms. The Morgan fingerprint density at radius 1 is 1.05 bits per heavy atom. The second kappa shape index (κ2) is 4.79. The largest absolute Gasteiger partial charge is 0.356 e. The second-order valence-corrected chi connectivity index (χ2v) is 7.91. The molecule has 3 saturated carbocycles. The normalized spacial score (nSPS) is 39.2. The highest BCUT2D eigenvalue weighted by Gasteiger charge is 2.67. The molecule has 3 rings (SSSR count). The van der Waals surface area contributed by atoms with Gasteiger partial charge in [-0.3, -0.25) is 4.79 Å². The van der Waals surface area contributed by atoms with Crippen molar-refractivity contribution in [2.75, 3.05) is 6.54 Å². The van der Waals surface area contributed by atoms with E-state index in [1.165, 1.54) is 19.3 Å². The molecule has 0 aliphatic heterocycles. The Morgan fingerprint density at radius 2 is 1.58 bits per heavy atom. The number of rotatable bonds is 5. The third-order valence-corrected chi connectivity index (χ3v) is 6.26. The molecular formula is C17H29NO. The lowest BCUT2D eigenvalue weighted by atomic mass is 9.85. The molecule has 3 fully saturated rings. The molecule has 2 nitrogen and oxygen atoms in total. The third kappa shape index (κ3) is 2.21. The SMILES string of the molecule is CC(C)C(CNC(=O)C1C2C3CCC(C3)C12)C(C)C. The van der Waals surface area contributed by atoms with E-state index in [0.717, 1.165) is 30.2 Å². The monoisotopic (exact) mass is 263 g/mol. The second-order valence-electron chi connectivity index (χ2n) is 7.91. The van der Waals surface area contributed by atoms with E-state index in [9.17, 15) is 4.79 Å². The summed E-state index contributed by atoms with van der Waals surface area (Å²) in [5, 5.41) is 3.27. The molecule has 1 amide bonds. The van der Waals surface area contributed by atoms with Crippen LogP contribution in [0.1, 0.15) is 47.0 Å². The Kier molecular flexibility index (Phi) is 3.39. The van der Waals surface area contributed by atoms with E-state index in [-0.39, 0.29) is 0 Å². The fraction of sp³-hybridized carbons (Fsp3) is 0.941. The molecule has 4 unspecified atom stereocenters. The van der Waals surface area contributed by atoms with Crippen LogP contribution in [0.4, 0.5) is 0 Å². The van der Waals surface area contributed by atoms with Crippen LogP contribution in [-0.4, -0.2) is 12.5 Å². The number of fused-ring (bicyclic) bond motifs is 5. The summed E-state index contributed by atoms with van der Waals surface area (Å²) in [6.45, 7) is 9.94.